The number of benzene rings is 1. The van der Waals surface area contributed by atoms with Gasteiger partial charge in [0.1, 0.15) is 6.04 Å². The zero-order valence-electron chi connectivity index (χ0n) is 13.8. The normalized spacial score (nSPS) is 12.7. The lowest BCUT2D eigenvalue weighted by Crippen LogP contribution is -2.49. The predicted octanol–water partition coefficient (Wildman–Crippen LogP) is 1.46. The number of nitrogens with two attached hydrogens (primary N) is 1. The molecule has 0 aliphatic heterocycles. The molecule has 0 heterocycles. The zero-order chi connectivity index (χ0) is 17.2. The van der Waals surface area contributed by atoms with Gasteiger partial charge in [0.05, 0.1) is 13.2 Å². The number of amides is 1. The third-order valence-electron chi connectivity index (χ3n) is 3.17. The summed E-state index contributed by atoms with van der Waals surface area (Å²) >= 11 is 0. The van der Waals surface area contributed by atoms with E-state index >= 15 is 0 Å². The third-order valence-corrected chi connectivity index (χ3v) is 3.17. The maximum absolute atomic E-state index is 12.1. The average Bonchev–Trinajstić information content (AvgIpc) is 2.53. The molecule has 0 aliphatic rings. The third kappa shape index (κ3) is 6.98. The summed E-state index contributed by atoms with van der Waals surface area (Å²) in [6.45, 7) is 3.93. The van der Waals surface area contributed by atoms with Crippen molar-refractivity contribution >= 4 is 11.9 Å². The summed E-state index contributed by atoms with van der Waals surface area (Å²) in [7, 11) is 1.30. The highest BCUT2D eigenvalue weighted by molar-refractivity contribution is 5.87. The molecular formula is C18H24N2O3. The van der Waals surface area contributed by atoms with Crippen molar-refractivity contribution < 1.29 is 14.3 Å². The molecule has 0 aromatic heterocycles. The van der Waals surface area contributed by atoms with Gasteiger partial charge in [0, 0.05) is 12.0 Å². The second-order valence-electron chi connectivity index (χ2n) is 5.69. The first-order valence-corrected chi connectivity index (χ1v) is 7.61. The second-order valence-corrected chi connectivity index (χ2v) is 5.69. The summed E-state index contributed by atoms with van der Waals surface area (Å²) in [5.41, 5.74) is 6.70. The molecule has 5 nitrogen and oxygen atoms in total. The van der Waals surface area contributed by atoms with Crippen LogP contribution < -0.4 is 11.1 Å². The van der Waals surface area contributed by atoms with Crippen molar-refractivity contribution in [2.45, 2.75) is 38.8 Å². The molecule has 1 aromatic rings. The molecule has 1 rings (SSSR count). The highest BCUT2D eigenvalue weighted by Gasteiger charge is 2.24. The number of hydrogen-bond acceptors (Lipinski definition) is 4. The van der Waals surface area contributed by atoms with E-state index in [2.05, 4.69) is 17.2 Å². The van der Waals surface area contributed by atoms with Gasteiger partial charge < -0.3 is 15.8 Å². The maximum Gasteiger partial charge on any atom is 0.328 e. The standard InChI is InChI=1S/C18H24N2O3/c1-13(2)12-16(18(22)23-3)20-17(21)15(19)11-7-10-14-8-5-4-6-9-14/h4-6,8-9,13,15-16H,11-12,19H2,1-3H3,(H,20,21)/t15-,16-/m0/s1. The summed E-state index contributed by atoms with van der Waals surface area (Å²) < 4.78 is 4.71. The van der Waals surface area contributed by atoms with Crippen LogP contribution in [0.15, 0.2) is 30.3 Å². The lowest BCUT2D eigenvalue weighted by Gasteiger charge is -2.19. The van der Waals surface area contributed by atoms with Gasteiger partial charge in [0.25, 0.3) is 0 Å². The molecule has 0 aliphatic carbocycles. The van der Waals surface area contributed by atoms with E-state index < -0.39 is 24.0 Å². The van der Waals surface area contributed by atoms with Crippen LogP contribution in [0.4, 0.5) is 0 Å². The molecule has 0 spiro atoms. The van der Waals surface area contributed by atoms with Crippen molar-refractivity contribution in [3.63, 3.8) is 0 Å². The van der Waals surface area contributed by atoms with Crippen LogP contribution in [0.2, 0.25) is 0 Å². The molecular weight excluding hydrogens is 292 g/mol. The molecule has 0 saturated heterocycles. The van der Waals surface area contributed by atoms with Crippen LogP contribution in [0.25, 0.3) is 0 Å². The van der Waals surface area contributed by atoms with E-state index in [0.717, 1.165) is 5.56 Å². The quantitative estimate of drug-likeness (QED) is 0.615. The van der Waals surface area contributed by atoms with E-state index in [4.69, 9.17) is 10.5 Å². The average molecular weight is 316 g/mol. The largest absolute Gasteiger partial charge is 0.467 e. The Morgan fingerprint density at radius 2 is 1.91 bits per heavy atom. The van der Waals surface area contributed by atoms with E-state index in [9.17, 15) is 9.59 Å². The Labute approximate surface area is 137 Å². The number of esters is 1. The second kappa shape index (κ2) is 9.65. The summed E-state index contributed by atoms with van der Waals surface area (Å²) in [5.74, 6) is 5.22. The first kappa shape index (κ1) is 18.7. The van der Waals surface area contributed by atoms with Gasteiger partial charge in [-0.25, -0.2) is 4.79 Å². The van der Waals surface area contributed by atoms with E-state index in [1.54, 1.807) is 0 Å². The predicted molar refractivity (Wildman–Crippen MR) is 89.3 cm³/mol. The molecule has 0 unspecified atom stereocenters. The van der Waals surface area contributed by atoms with Crippen LogP contribution in [0.3, 0.4) is 0 Å². The van der Waals surface area contributed by atoms with Gasteiger partial charge in [-0.2, -0.15) is 0 Å². The van der Waals surface area contributed by atoms with Gasteiger partial charge in [0.2, 0.25) is 5.91 Å². The molecule has 23 heavy (non-hydrogen) atoms. The number of rotatable bonds is 6. The molecule has 124 valence electrons. The van der Waals surface area contributed by atoms with Gasteiger partial charge in [0.15, 0.2) is 0 Å². The summed E-state index contributed by atoms with van der Waals surface area (Å²) in [5, 5.41) is 2.64. The lowest BCUT2D eigenvalue weighted by atomic mass is 10.0. The fourth-order valence-electron chi connectivity index (χ4n) is 1.98. The minimum absolute atomic E-state index is 0.219. The van der Waals surface area contributed by atoms with Crippen LogP contribution in [0.1, 0.15) is 32.3 Å². The van der Waals surface area contributed by atoms with E-state index in [1.165, 1.54) is 7.11 Å². The minimum Gasteiger partial charge on any atom is -0.467 e. The van der Waals surface area contributed by atoms with E-state index in [1.807, 2.05) is 44.2 Å². The SMILES string of the molecule is COC(=O)[C@H](CC(C)C)NC(=O)[C@@H](N)CC#Cc1ccccc1. The van der Waals surface area contributed by atoms with E-state index in [0.29, 0.717) is 6.42 Å². The summed E-state index contributed by atoms with van der Waals surface area (Å²) in [6, 6.07) is 7.99. The first-order chi connectivity index (χ1) is 10.9. The molecule has 5 heteroatoms. The first-order valence-electron chi connectivity index (χ1n) is 7.61. The van der Waals surface area contributed by atoms with Crippen molar-refractivity contribution in [3.05, 3.63) is 35.9 Å². The van der Waals surface area contributed by atoms with Crippen molar-refractivity contribution in [1.82, 2.24) is 5.32 Å². The number of ether oxygens (including phenoxy) is 1. The lowest BCUT2D eigenvalue weighted by molar-refractivity contribution is -0.145. The Morgan fingerprint density at radius 3 is 2.48 bits per heavy atom. The number of nitrogens with one attached hydrogen (secondary N) is 1. The Hall–Kier alpha value is -2.32. The van der Waals surface area contributed by atoms with Crippen molar-refractivity contribution in [2.75, 3.05) is 7.11 Å². The van der Waals surface area contributed by atoms with Gasteiger partial charge in [-0.3, -0.25) is 4.79 Å². The number of hydrogen-bond donors (Lipinski definition) is 2. The molecule has 1 aromatic carbocycles. The van der Waals surface area contributed by atoms with Gasteiger partial charge >= 0.3 is 5.97 Å². The fraction of sp³-hybridized carbons (Fsp3) is 0.444. The Bertz CT molecular complexity index is 573. The van der Waals surface area contributed by atoms with Crippen LogP contribution >= 0.6 is 0 Å². The highest BCUT2D eigenvalue weighted by Crippen LogP contribution is 2.06. The number of carbonyl (C=O) groups is 2. The number of methoxy groups -OCH3 is 1. The molecule has 3 N–H and O–H groups in total. The Kier molecular flexibility index (Phi) is 7.86. The van der Waals surface area contributed by atoms with E-state index in [-0.39, 0.29) is 12.3 Å². The maximum atomic E-state index is 12.1. The Morgan fingerprint density at radius 1 is 1.26 bits per heavy atom. The monoisotopic (exact) mass is 316 g/mol. The smallest absolute Gasteiger partial charge is 0.328 e. The highest BCUT2D eigenvalue weighted by atomic mass is 16.5. The molecule has 2 atom stereocenters. The van der Waals surface area contributed by atoms with Crippen molar-refractivity contribution in [1.29, 1.82) is 0 Å². The zero-order valence-corrected chi connectivity index (χ0v) is 13.8. The minimum atomic E-state index is -0.787. The molecule has 0 saturated carbocycles. The van der Waals surface area contributed by atoms with Gasteiger partial charge in [-0.05, 0) is 24.5 Å². The van der Waals surface area contributed by atoms with Crippen molar-refractivity contribution in [3.8, 4) is 11.8 Å². The summed E-state index contributed by atoms with van der Waals surface area (Å²) in [4.78, 5) is 23.8. The molecule has 1 amide bonds. The van der Waals surface area contributed by atoms with Crippen LogP contribution in [-0.4, -0.2) is 31.1 Å². The van der Waals surface area contributed by atoms with Crippen LogP contribution in [0, 0.1) is 17.8 Å². The molecule has 0 bridgehead atoms. The number of carbonyl (C=O) groups excluding carboxylic acids is 2. The topological polar surface area (TPSA) is 81.4 Å². The van der Waals surface area contributed by atoms with Gasteiger partial charge in [-0.15, -0.1) is 0 Å². The molecule has 0 fully saturated rings. The van der Waals surface area contributed by atoms with Crippen LogP contribution in [0.5, 0.6) is 0 Å². The van der Waals surface area contributed by atoms with Gasteiger partial charge in [-0.1, -0.05) is 43.9 Å². The van der Waals surface area contributed by atoms with Crippen LogP contribution in [-0.2, 0) is 14.3 Å². The Balaban J connectivity index is 2.58. The summed E-state index contributed by atoms with van der Waals surface area (Å²) in [6.07, 6.45) is 0.719. The fourth-order valence-corrected chi connectivity index (χ4v) is 1.98. The van der Waals surface area contributed by atoms with Crippen molar-refractivity contribution in [2.24, 2.45) is 11.7 Å². The molecule has 0 radical (unpaired) electrons.